The molecule has 0 spiro atoms. The highest BCUT2D eigenvalue weighted by Gasteiger charge is 2.22. The van der Waals surface area contributed by atoms with Crippen LogP contribution >= 0.6 is 11.6 Å². The summed E-state index contributed by atoms with van der Waals surface area (Å²) in [4.78, 5) is 0. The van der Waals surface area contributed by atoms with E-state index in [0.717, 1.165) is 22.4 Å². The van der Waals surface area contributed by atoms with E-state index in [1.807, 2.05) is 12.1 Å². The zero-order chi connectivity index (χ0) is 23.1. The highest BCUT2D eigenvalue weighted by molar-refractivity contribution is 6.33. The zero-order valence-electron chi connectivity index (χ0n) is 21.2. The summed E-state index contributed by atoms with van der Waals surface area (Å²) in [6.45, 7) is 2.30. The van der Waals surface area contributed by atoms with Crippen LogP contribution in [-0.2, 0) is 0 Å². The first-order valence-corrected chi connectivity index (χ1v) is 14.5. The maximum Gasteiger partial charge on any atom is 0.0484 e. The molecule has 0 N–H and O–H groups in total. The molecule has 0 nitrogen and oxygen atoms in total. The van der Waals surface area contributed by atoms with E-state index in [1.165, 1.54) is 120 Å². The number of benzene rings is 2. The van der Waals surface area contributed by atoms with E-state index in [9.17, 15) is 0 Å². The summed E-state index contributed by atoms with van der Waals surface area (Å²) in [6.07, 6.45) is 24.5. The lowest BCUT2D eigenvalue weighted by molar-refractivity contribution is 0.301. The van der Waals surface area contributed by atoms with E-state index < -0.39 is 0 Å². The van der Waals surface area contributed by atoms with Crippen LogP contribution in [-0.4, -0.2) is 0 Å². The van der Waals surface area contributed by atoms with E-state index in [1.54, 1.807) is 0 Å². The van der Waals surface area contributed by atoms with Gasteiger partial charge in [-0.3, -0.25) is 0 Å². The van der Waals surface area contributed by atoms with Gasteiger partial charge in [0.05, 0.1) is 0 Å². The minimum Gasteiger partial charge on any atom is -0.0837 e. The minimum atomic E-state index is 0.753. The van der Waals surface area contributed by atoms with Crippen LogP contribution in [0.5, 0.6) is 0 Å². The Morgan fingerprint density at radius 2 is 1.18 bits per heavy atom. The summed E-state index contributed by atoms with van der Waals surface area (Å²) >= 11 is 6.37. The van der Waals surface area contributed by atoms with Crippen LogP contribution < -0.4 is 0 Å². The maximum absolute atomic E-state index is 6.37. The molecule has 1 fully saturated rings. The lowest BCUT2D eigenvalue weighted by atomic mass is 9.77. The molecule has 0 saturated heterocycles. The van der Waals surface area contributed by atoms with Gasteiger partial charge in [-0.2, -0.15) is 0 Å². The van der Waals surface area contributed by atoms with Gasteiger partial charge in [-0.15, -0.1) is 0 Å². The Kier molecular flexibility index (Phi) is 12.4. The fraction of sp³-hybridized carbons (Fsp3) is 0.625. The molecule has 182 valence electrons. The molecule has 1 aliphatic rings. The zero-order valence-corrected chi connectivity index (χ0v) is 21.9. The number of hydrogen-bond acceptors (Lipinski definition) is 0. The first-order valence-electron chi connectivity index (χ1n) is 14.1. The number of rotatable bonds is 15. The molecule has 0 radical (unpaired) electrons. The molecule has 33 heavy (non-hydrogen) atoms. The van der Waals surface area contributed by atoms with E-state index >= 15 is 0 Å². The molecule has 2 aromatic carbocycles. The van der Waals surface area contributed by atoms with Crippen LogP contribution in [0.3, 0.4) is 0 Å². The second kappa shape index (κ2) is 15.6. The molecule has 0 atom stereocenters. The van der Waals surface area contributed by atoms with Gasteiger partial charge in [-0.05, 0) is 54.7 Å². The van der Waals surface area contributed by atoms with E-state index in [-0.39, 0.29) is 0 Å². The average Bonchev–Trinajstić information content (AvgIpc) is 2.85. The van der Waals surface area contributed by atoms with Crippen molar-refractivity contribution in [2.24, 2.45) is 5.92 Å². The van der Waals surface area contributed by atoms with Crippen molar-refractivity contribution < 1.29 is 0 Å². The normalized spacial score (nSPS) is 18.5. The second-order valence-electron chi connectivity index (χ2n) is 10.5. The number of halogens is 1. The van der Waals surface area contributed by atoms with Crippen molar-refractivity contribution in [2.45, 2.75) is 122 Å². The lowest BCUT2D eigenvalue weighted by Crippen LogP contribution is -2.13. The van der Waals surface area contributed by atoms with Gasteiger partial charge in [0.2, 0.25) is 0 Å². The highest BCUT2D eigenvalue weighted by Crippen LogP contribution is 2.38. The predicted octanol–water partition coefficient (Wildman–Crippen LogP) is 11.4. The minimum absolute atomic E-state index is 0.753. The van der Waals surface area contributed by atoms with Gasteiger partial charge in [-0.1, -0.05) is 144 Å². The van der Waals surface area contributed by atoms with Crippen LogP contribution in [0, 0.1) is 5.92 Å². The van der Waals surface area contributed by atoms with Gasteiger partial charge in [0.15, 0.2) is 0 Å². The van der Waals surface area contributed by atoms with E-state index in [4.69, 9.17) is 11.6 Å². The fourth-order valence-corrected chi connectivity index (χ4v) is 5.93. The van der Waals surface area contributed by atoms with Crippen LogP contribution in [0.2, 0.25) is 5.02 Å². The summed E-state index contributed by atoms with van der Waals surface area (Å²) in [7, 11) is 0. The first-order chi connectivity index (χ1) is 16.3. The Morgan fingerprint density at radius 1 is 0.636 bits per heavy atom. The number of hydrogen-bond donors (Lipinski definition) is 0. The van der Waals surface area contributed by atoms with Crippen molar-refractivity contribution in [2.75, 3.05) is 0 Å². The molecular weight excluding hydrogens is 420 g/mol. The van der Waals surface area contributed by atoms with Gasteiger partial charge >= 0.3 is 0 Å². The number of unbranched alkanes of at least 4 members (excludes halogenated alkanes) is 11. The largest absolute Gasteiger partial charge is 0.0837 e. The maximum atomic E-state index is 6.37. The first kappa shape index (κ1) is 26.3. The average molecular weight is 467 g/mol. The van der Waals surface area contributed by atoms with Crippen LogP contribution in [0.25, 0.3) is 11.1 Å². The smallest absolute Gasteiger partial charge is 0.0484 e. The highest BCUT2D eigenvalue weighted by atomic mass is 35.5. The molecule has 1 saturated carbocycles. The van der Waals surface area contributed by atoms with Gasteiger partial charge in [0.1, 0.15) is 0 Å². The standard InChI is InChI=1S/C32H47Cl/c1-2-3-4-5-6-7-8-9-10-11-12-13-16-27-19-21-28(22-20-27)29-23-25-30(26-24-29)31-17-14-15-18-32(31)33/h14-15,17-18,23-28H,2-13,16,19-22H2,1H3. The van der Waals surface area contributed by atoms with Gasteiger partial charge < -0.3 is 0 Å². The monoisotopic (exact) mass is 466 g/mol. The van der Waals surface area contributed by atoms with Crippen molar-refractivity contribution in [3.8, 4) is 11.1 Å². The molecule has 1 heteroatoms. The Hall–Kier alpha value is -1.27. The van der Waals surface area contributed by atoms with Crippen LogP contribution in [0.4, 0.5) is 0 Å². The Bertz CT molecular complexity index is 754. The second-order valence-corrected chi connectivity index (χ2v) is 10.9. The topological polar surface area (TPSA) is 0 Å². The Labute approximate surface area is 209 Å². The molecule has 2 aromatic rings. The lowest BCUT2D eigenvalue weighted by Gasteiger charge is -2.29. The molecule has 0 bridgehead atoms. The molecule has 0 amide bonds. The predicted molar refractivity (Wildman–Crippen MR) is 147 cm³/mol. The summed E-state index contributed by atoms with van der Waals surface area (Å²) in [5.41, 5.74) is 3.89. The summed E-state index contributed by atoms with van der Waals surface area (Å²) in [6, 6.07) is 17.3. The summed E-state index contributed by atoms with van der Waals surface area (Å²) in [5, 5.41) is 0.837. The molecule has 0 aliphatic heterocycles. The van der Waals surface area contributed by atoms with Crippen LogP contribution in [0.15, 0.2) is 48.5 Å². The Balaban J connectivity index is 1.23. The molecule has 3 rings (SSSR count). The van der Waals surface area contributed by atoms with Crippen LogP contribution in [0.1, 0.15) is 128 Å². The van der Waals surface area contributed by atoms with Gasteiger partial charge in [0.25, 0.3) is 0 Å². The molecule has 0 heterocycles. The fourth-order valence-electron chi connectivity index (χ4n) is 5.69. The summed E-state index contributed by atoms with van der Waals surface area (Å²) in [5.74, 6) is 1.73. The third-order valence-electron chi connectivity index (χ3n) is 7.88. The third kappa shape index (κ3) is 9.48. The van der Waals surface area contributed by atoms with Crippen molar-refractivity contribution in [3.63, 3.8) is 0 Å². The molecule has 0 unspecified atom stereocenters. The molecule has 1 aliphatic carbocycles. The van der Waals surface area contributed by atoms with Crippen molar-refractivity contribution in [1.29, 1.82) is 0 Å². The van der Waals surface area contributed by atoms with E-state index in [2.05, 4.69) is 43.3 Å². The third-order valence-corrected chi connectivity index (χ3v) is 8.21. The van der Waals surface area contributed by atoms with Crippen molar-refractivity contribution in [1.82, 2.24) is 0 Å². The quantitative estimate of drug-likeness (QED) is 0.229. The summed E-state index contributed by atoms with van der Waals surface area (Å²) < 4.78 is 0. The Morgan fingerprint density at radius 3 is 1.76 bits per heavy atom. The van der Waals surface area contributed by atoms with Gasteiger partial charge in [-0.25, -0.2) is 0 Å². The SMILES string of the molecule is CCCCCCCCCCCCCCC1CCC(c2ccc(-c3ccccc3Cl)cc2)CC1. The van der Waals surface area contributed by atoms with Crippen molar-refractivity contribution >= 4 is 11.6 Å². The molecular formula is C32H47Cl. The molecule has 0 aromatic heterocycles. The van der Waals surface area contributed by atoms with Gasteiger partial charge in [0, 0.05) is 10.6 Å². The van der Waals surface area contributed by atoms with E-state index in [0.29, 0.717) is 0 Å². The van der Waals surface area contributed by atoms with Crippen molar-refractivity contribution in [3.05, 3.63) is 59.1 Å².